The number of benzene rings is 3. The fourth-order valence-electron chi connectivity index (χ4n) is 10.5. The van der Waals surface area contributed by atoms with E-state index < -0.39 is 46.1 Å². The van der Waals surface area contributed by atoms with Crippen molar-refractivity contribution >= 4 is 101 Å². The number of carboxylic acid groups (broad SMARTS) is 2. The molecular weight excluding hydrogens is 960 g/mol. The van der Waals surface area contributed by atoms with Gasteiger partial charge in [-0.3, -0.25) is 29.6 Å². The average Bonchev–Trinajstić information content (AvgIpc) is 3.81. The van der Waals surface area contributed by atoms with E-state index in [2.05, 4.69) is 36.8 Å². The molecule has 21 heteroatoms. The van der Waals surface area contributed by atoms with Crippen LogP contribution < -0.4 is 25.2 Å². The van der Waals surface area contributed by atoms with Crippen LogP contribution in [0.5, 0.6) is 5.75 Å². The van der Waals surface area contributed by atoms with Gasteiger partial charge in [-0.15, -0.1) is 21.5 Å². The van der Waals surface area contributed by atoms with Crippen LogP contribution >= 0.6 is 22.9 Å². The molecule has 4 N–H and O–H groups in total. The number of halogens is 1. The van der Waals surface area contributed by atoms with Crippen molar-refractivity contribution in [3.63, 3.8) is 0 Å². The molecule has 7 heterocycles. The van der Waals surface area contributed by atoms with Crippen LogP contribution in [-0.4, -0.2) is 112 Å². The summed E-state index contributed by atoms with van der Waals surface area (Å²) in [5.74, 6) is -3.23. The van der Waals surface area contributed by atoms with E-state index in [1.165, 1.54) is 0 Å². The van der Waals surface area contributed by atoms with Gasteiger partial charge < -0.3 is 25.2 Å². The number of sulfonamides is 1. The highest BCUT2D eigenvalue weighted by molar-refractivity contribution is 7.88. The molecule has 3 aromatic carbocycles. The zero-order valence-electron chi connectivity index (χ0n) is 38.0. The summed E-state index contributed by atoms with van der Waals surface area (Å²) in [6.07, 6.45) is 4.61. The third-order valence-electron chi connectivity index (χ3n) is 13.7. The molecule has 4 aliphatic rings. The molecule has 3 saturated heterocycles. The summed E-state index contributed by atoms with van der Waals surface area (Å²) in [4.78, 5) is 69.9. The molecule has 0 bridgehead atoms. The summed E-state index contributed by atoms with van der Waals surface area (Å²) in [6.45, 7) is 4.69. The molecule has 2 atom stereocenters. The SMILES string of the molecule is CC1(C)CC(Nc2cccc(-c3sc(C(=O)O)c(OCC(=O)O)c3Cl)c2)CCN1S(=O)(=O)Cc1cc2cc(N3CCC(c4ccc5c6c(cccc46)C(=O)N5C4CCC(=O)NC4=O)CC3)nnc2cn1. The van der Waals surface area contributed by atoms with Gasteiger partial charge in [0.25, 0.3) is 5.91 Å². The molecular formula is C49H47ClN8O10S2. The smallest absolute Gasteiger partial charge is 0.349 e. The predicted molar refractivity (Wildman–Crippen MR) is 263 cm³/mol. The normalized spacial score (nSPS) is 19.7. The van der Waals surface area contributed by atoms with Gasteiger partial charge in [-0.05, 0) is 105 Å². The van der Waals surface area contributed by atoms with Crippen LogP contribution in [0.1, 0.15) is 89.6 Å². The first-order chi connectivity index (χ1) is 33.5. The Balaban J connectivity index is 0.788. The Morgan fingerprint density at radius 2 is 1.76 bits per heavy atom. The summed E-state index contributed by atoms with van der Waals surface area (Å²) in [6, 6.07) is 19.7. The van der Waals surface area contributed by atoms with E-state index in [0.717, 1.165) is 45.9 Å². The Bertz CT molecular complexity index is 3280. The number of pyridine rings is 1. The maximum atomic E-state index is 14.2. The first-order valence-corrected chi connectivity index (χ1v) is 25.6. The number of aromatic nitrogens is 3. The van der Waals surface area contributed by atoms with E-state index in [1.807, 2.05) is 50.2 Å². The van der Waals surface area contributed by atoms with Crippen molar-refractivity contribution < 1.29 is 47.3 Å². The third kappa shape index (κ3) is 8.77. The number of hydrogen-bond acceptors (Lipinski definition) is 14. The Morgan fingerprint density at radius 3 is 2.50 bits per heavy atom. The number of nitrogens with zero attached hydrogens (tertiary/aromatic N) is 6. The maximum Gasteiger partial charge on any atom is 0.349 e. The van der Waals surface area contributed by atoms with Crippen molar-refractivity contribution in [2.75, 3.05) is 41.4 Å². The van der Waals surface area contributed by atoms with Crippen LogP contribution in [0.15, 0.2) is 72.9 Å². The van der Waals surface area contributed by atoms with Crippen molar-refractivity contribution in [1.82, 2.24) is 24.8 Å². The molecule has 10 rings (SSSR count). The summed E-state index contributed by atoms with van der Waals surface area (Å²) in [7, 11) is -3.84. The number of rotatable bonds is 13. The number of fused-ring (bicyclic) bond motifs is 1. The first-order valence-electron chi connectivity index (χ1n) is 22.8. The highest BCUT2D eigenvalue weighted by atomic mass is 35.5. The van der Waals surface area contributed by atoms with Crippen molar-refractivity contribution in [3.05, 3.63) is 99.6 Å². The molecule has 0 aliphatic carbocycles. The number of hydrogen-bond donors (Lipinski definition) is 4. The maximum absolute atomic E-state index is 14.2. The molecule has 4 aliphatic heterocycles. The quantitative estimate of drug-likeness (QED) is 0.0847. The van der Waals surface area contributed by atoms with Crippen molar-refractivity contribution in [3.8, 4) is 16.2 Å². The van der Waals surface area contributed by atoms with Crippen LogP contribution in [0, 0.1) is 0 Å². The fraction of sp³-hybridized carbons (Fsp3) is 0.347. The lowest BCUT2D eigenvalue weighted by atomic mass is 9.85. The second-order valence-corrected chi connectivity index (χ2v) is 22.0. The number of anilines is 3. The Labute approximate surface area is 410 Å². The van der Waals surface area contributed by atoms with Crippen LogP contribution in [0.2, 0.25) is 5.02 Å². The number of amides is 3. The number of aliphatic carboxylic acids is 1. The van der Waals surface area contributed by atoms with Gasteiger partial charge in [0.05, 0.1) is 22.5 Å². The highest BCUT2D eigenvalue weighted by Crippen LogP contribution is 2.47. The van der Waals surface area contributed by atoms with Gasteiger partial charge in [0.15, 0.2) is 23.1 Å². The number of carbonyl (C=O) groups is 5. The minimum Gasteiger partial charge on any atom is -0.479 e. The number of ether oxygens (including phenoxy) is 1. The van der Waals surface area contributed by atoms with E-state index in [9.17, 15) is 37.5 Å². The summed E-state index contributed by atoms with van der Waals surface area (Å²) in [5.41, 5.74) is 3.86. The first kappa shape index (κ1) is 47.0. The highest BCUT2D eigenvalue weighted by Gasteiger charge is 2.43. The Hall–Kier alpha value is -6.74. The monoisotopic (exact) mass is 1010 g/mol. The molecule has 3 amide bonds. The zero-order chi connectivity index (χ0) is 49.2. The van der Waals surface area contributed by atoms with E-state index in [4.69, 9.17) is 21.4 Å². The van der Waals surface area contributed by atoms with Gasteiger partial charge in [0, 0.05) is 59.7 Å². The summed E-state index contributed by atoms with van der Waals surface area (Å²) in [5, 5.41) is 36.2. The molecule has 6 aromatic rings. The zero-order valence-corrected chi connectivity index (χ0v) is 40.4. The number of carbonyl (C=O) groups excluding carboxylic acids is 3. The van der Waals surface area contributed by atoms with Gasteiger partial charge in [-0.1, -0.05) is 41.9 Å². The second kappa shape index (κ2) is 18.2. The van der Waals surface area contributed by atoms with Gasteiger partial charge >= 0.3 is 11.9 Å². The fourth-order valence-corrected chi connectivity index (χ4v) is 13.8. The summed E-state index contributed by atoms with van der Waals surface area (Å²) >= 11 is 7.43. The molecule has 3 fully saturated rings. The summed E-state index contributed by atoms with van der Waals surface area (Å²) < 4.78 is 35.1. The number of nitrogens with one attached hydrogen (secondary N) is 2. The van der Waals surface area contributed by atoms with E-state index >= 15 is 0 Å². The Kier molecular flexibility index (Phi) is 12.2. The van der Waals surface area contributed by atoms with Gasteiger partial charge in [0.2, 0.25) is 21.8 Å². The van der Waals surface area contributed by atoms with Gasteiger partial charge in [-0.2, -0.15) is 4.31 Å². The molecule has 0 spiro atoms. The van der Waals surface area contributed by atoms with Crippen molar-refractivity contribution in [1.29, 1.82) is 0 Å². The third-order valence-corrected chi connectivity index (χ3v) is 17.4. The Morgan fingerprint density at radius 1 is 0.971 bits per heavy atom. The second-order valence-electron chi connectivity index (χ2n) is 18.7. The minimum atomic E-state index is -3.84. The lowest BCUT2D eigenvalue weighted by molar-refractivity contribution is -0.139. The van der Waals surface area contributed by atoms with E-state index in [0.29, 0.717) is 70.3 Å². The van der Waals surface area contributed by atoms with Crippen LogP contribution in [0.4, 0.5) is 17.2 Å². The topological polar surface area (TPSA) is 242 Å². The number of aromatic carboxylic acids is 1. The van der Waals surface area contributed by atoms with Crippen LogP contribution in [-0.2, 0) is 30.2 Å². The molecule has 3 aromatic heterocycles. The molecule has 70 heavy (non-hydrogen) atoms. The molecule has 2 unspecified atom stereocenters. The molecule has 0 radical (unpaired) electrons. The van der Waals surface area contributed by atoms with Gasteiger partial charge in [0.1, 0.15) is 22.3 Å². The molecule has 362 valence electrons. The van der Waals surface area contributed by atoms with Crippen molar-refractivity contribution in [2.24, 2.45) is 0 Å². The number of imide groups is 1. The van der Waals surface area contributed by atoms with E-state index in [-0.39, 0.29) is 64.6 Å². The van der Waals surface area contributed by atoms with Gasteiger partial charge in [-0.25, -0.2) is 18.0 Å². The number of thiophene rings is 1. The van der Waals surface area contributed by atoms with Crippen molar-refractivity contribution in [2.45, 2.75) is 81.7 Å². The largest absolute Gasteiger partial charge is 0.479 e. The molecule has 0 saturated carbocycles. The average molecular weight is 1010 g/mol. The van der Waals surface area contributed by atoms with Crippen LogP contribution in [0.3, 0.4) is 0 Å². The standard InChI is InChI=1S/C49H47ClN8O10S2/c1-49(2)22-30(52-29-6-3-5-27(19-29)44-42(50)43(68-24-40(60)61)45(69-44)48(64)65)15-18-57(49)70(66,67)25-31-20-28-21-38(55-54-35(28)23-51-31)56-16-13-26(14-17-56)32-9-10-36-41-33(32)7-4-8-34(41)47(63)58(36)37-11-12-39(59)53-46(37)62/h3-10,19-21,23,26,30,37,52H,11-18,22,24-25H2,1-2H3,(H,60,61)(H,64,65)(H,53,59,62). The minimum absolute atomic E-state index is 0.00248. The van der Waals surface area contributed by atoms with E-state index in [1.54, 1.807) is 39.7 Å². The lowest BCUT2D eigenvalue weighted by Gasteiger charge is -2.44. The number of piperidine rings is 3. The van der Waals surface area contributed by atoms with Crippen LogP contribution in [0.25, 0.3) is 32.1 Å². The molecule has 18 nitrogen and oxygen atoms in total. The lowest BCUT2D eigenvalue weighted by Crippen LogP contribution is -2.55. The predicted octanol–water partition coefficient (Wildman–Crippen LogP) is 7.06. The number of carboxylic acids is 2.